The van der Waals surface area contributed by atoms with Crippen molar-refractivity contribution in [3.8, 4) is 0 Å². The van der Waals surface area contributed by atoms with Crippen LogP contribution < -0.4 is 0 Å². The standard InChI is InChI=1S/C19H32N/c1-3-4-5-6-7-8-9-10-11-14-17-20-18(2)19-15-12-13-16-19/h12-13,15-16H,3-11,14,17H2,1-2H3. The SMILES string of the molecule is CCCCCCCCCCCCN=C(C)[C]1[CH][CH][CH][CH]1. The molecule has 1 heteroatoms. The smallest absolute Gasteiger partial charge is 0.0388 e. The molecule has 0 bridgehead atoms. The highest BCUT2D eigenvalue weighted by Gasteiger charge is 2.18. The van der Waals surface area contributed by atoms with Crippen LogP contribution in [0.1, 0.15) is 78.1 Å². The van der Waals surface area contributed by atoms with Gasteiger partial charge in [0, 0.05) is 18.2 Å². The molecule has 0 aromatic heterocycles. The highest BCUT2D eigenvalue weighted by molar-refractivity contribution is 6.00. The third-order valence-electron chi connectivity index (χ3n) is 3.94. The normalized spacial score (nSPS) is 17.0. The maximum atomic E-state index is 4.65. The molecular formula is C19H32N. The van der Waals surface area contributed by atoms with Crippen molar-refractivity contribution < 1.29 is 0 Å². The van der Waals surface area contributed by atoms with E-state index in [1.807, 2.05) is 0 Å². The van der Waals surface area contributed by atoms with Crippen molar-refractivity contribution in [2.45, 2.75) is 78.1 Å². The van der Waals surface area contributed by atoms with Gasteiger partial charge in [-0.15, -0.1) is 0 Å². The second kappa shape index (κ2) is 12.4. The summed E-state index contributed by atoms with van der Waals surface area (Å²) < 4.78 is 0. The van der Waals surface area contributed by atoms with Gasteiger partial charge in [0.1, 0.15) is 0 Å². The van der Waals surface area contributed by atoms with E-state index < -0.39 is 0 Å². The van der Waals surface area contributed by atoms with Gasteiger partial charge in [0.15, 0.2) is 0 Å². The number of aliphatic imine (C=N–C) groups is 1. The fraction of sp³-hybridized carbons (Fsp3) is 0.684. The number of rotatable bonds is 12. The van der Waals surface area contributed by atoms with Crippen LogP contribution >= 0.6 is 0 Å². The Balaban J connectivity index is 1.83. The van der Waals surface area contributed by atoms with Crippen molar-refractivity contribution in [3.63, 3.8) is 0 Å². The zero-order chi connectivity index (χ0) is 14.5. The minimum Gasteiger partial charge on any atom is -0.294 e. The van der Waals surface area contributed by atoms with E-state index in [1.165, 1.54) is 75.8 Å². The van der Waals surface area contributed by atoms with Crippen molar-refractivity contribution in [1.29, 1.82) is 0 Å². The molecule has 0 aromatic rings. The molecule has 0 atom stereocenters. The molecule has 0 N–H and O–H groups in total. The predicted octanol–water partition coefficient (Wildman–Crippen LogP) is 5.77. The molecule has 0 unspecified atom stereocenters. The van der Waals surface area contributed by atoms with E-state index >= 15 is 0 Å². The molecule has 20 heavy (non-hydrogen) atoms. The van der Waals surface area contributed by atoms with Crippen LogP contribution in [0.25, 0.3) is 0 Å². The summed E-state index contributed by atoms with van der Waals surface area (Å²) >= 11 is 0. The van der Waals surface area contributed by atoms with Crippen LogP contribution in [0.5, 0.6) is 0 Å². The summed E-state index contributed by atoms with van der Waals surface area (Å²) in [4.78, 5) is 4.65. The van der Waals surface area contributed by atoms with Crippen LogP contribution in [0, 0.1) is 31.6 Å². The van der Waals surface area contributed by atoms with E-state index in [4.69, 9.17) is 0 Å². The summed E-state index contributed by atoms with van der Waals surface area (Å²) in [6.45, 7) is 5.39. The summed E-state index contributed by atoms with van der Waals surface area (Å²) in [7, 11) is 0. The first-order valence-electron chi connectivity index (χ1n) is 8.57. The summed E-state index contributed by atoms with van der Waals surface area (Å²) in [6, 6.07) is 0. The van der Waals surface area contributed by atoms with Gasteiger partial charge < -0.3 is 0 Å². The van der Waals surface area contributed by atoms with Gasteiger partial charge in [-0.2, -0.15) is 0 Å². The molecule has 1 aliphatic carbocycles. The summed E-state index contributed by atoms with van der Waals surface area (Å²) in [5.41, 5.74) is 1.19. The van der Waals surface area contributed by atoms with Crippen molar-refractivity contribution in [2.24, 2.45) is 4.99 Å². The number of nitrogens with zero attached hydrogens (tertiary/aromatic N) is 1. The fourth-order valence-electron chi connectivity index (χ4n) is 2.55. The van der Waals surface area contributed by atoms with Crippen LogP contribution in [-0.2, 0) is 0 Å². The average Bonchev–Trinajstić information content (AvgIpc) is 2.99. The highest BCUT2D eigenvalue weighted by Crippen LogP contribution is 2.24. The Hall–Kier alpha value is -0.330. The molecule has 0 heterocycles. The summed E-state index contributed by atoms with van der Waals surface area (Å²) in [5.74, 6) is 1.28. The van der Waals surface area contributed by atoms with E-state index in [9.17, 15) is 0 Å². The molecule has 0 spiro atoms. The largest absolute Gasteiger partial charge is 0.294 e. The molecule has 0 amide bonds. The average molecular weight is 274 g/mol. The zero-order valence-corrected chi connectivity index (χ0v) is 13.5. The Kier molecular flexibility index (Phi) is 11.0. The molecule has 1 saturated carbocycles. The van der Waals surface area contributed by atoms with E-state index in [-0.39, 0.29) is 0 Å². The molecule has 113 valence electrons. The first-order valence-corrected chi connectivity index (χ1v) is 8.57. The Labute approximate surface area is 127 Å². The Morgan fingerprint density at radius 1 is 0.800 bits per heavy atom. The van der Waals surface area contributed by atoms with E-state index in [2.05, 4.69) is 44.5 Å². The predicted molar refractivity (Wildman–Crippen MR) is 90.3 cm³/mol. The maximum absolute atomic E-state index is 4.65. The molecule has 1 rings (SSSR count). The van der Waals surface area contributed by atoms with Gasteiger partial charge in [0.05, 0.1) is 0 Å². The lowest BCUT2D eigenvalue weighted by molar-refractivity contribution is 0.558. The molecule has 1 nitrogen and oxygen atoms in total. The van der Waals surface area contributed by atoms with Crippen LogP contribution in [0.4, 0.5) is 0 Å². The van der Waals surface area contributed by atoms with Crippen LogP contribution in [0.15, 0.2) is 4.99 Å². The van der Waals surface area contributed by atoms with E-state index in [1.54, 1.807) is 0 Å². The maximum Gasteiger partial charge on any atom is 0.0388 e. The topological polar surface area (TPSA) is 12.4 Å². The van der Waals surface area contributed by atoms with Gasteiger partial charge in [-0.25, -0.2) is 0 Å². The first-order chi connectivity index (χ1) is 9.84. The fourth-order valence-corrected chi connectivity index (χ4v) is 2.55. The molecule has 0 aromatic carbocycles. The Morgan fingerprint density at radius 3 is 1.85 bits per heavy atom. The molecule has 1 fully saturated rings. The Morgan fingerprint density at radius 2 is 1.30 bits per heavy atom. The van der Waals surface area contributed by atoms with Crippen molar-refractivity contribution in [3.05, 3.63) is 31.6 Å². The molecular weight excluding hydrogens is 242 g/mol. The number of hydrogen-bond acceptors (Lipinski definition) is 1. The minimum absolute atomic E-state index is 0.994. The first kappa shape index (κ1) is 17.7. The minimum atomic E-state index is 0.994. The summed E-state index contributed by atoms with van der Waals surface area (Å²) in [5, 5.41) is 0. The van der Waals surface area contributed by atoms with Gasteiger partial charge in [-0.1, -0.05) is 64.7 Å². The molecule has 1 aliphatic rings. The third kappa shape index (κ3) is 8.76. The van der Waals surface area contributed by atoms with Crippen molar-refractivity contribution in [2.75, 3.05) is 6.54 Å². The Bertz CT molecular complexity index is 238. The van der Waals surface area contributed by atoms with E-state index in [0.717, 1.165) is 6.54 Å². The quantitative estimate of drug-likeness (QED) is 0.316. The third-order valence-corrected chi connectivity index (χ3v) is 3.94. The van der Waals surface area contributed by atoms with Gasteiger partial charge in [0.2, 0.25) is 0 Å². The number of unbranched alkanes of at least 4 members (excludes halogenated alkanes) is 9. The van der Waals surface area contributed by atoms with Crippen LogP contribution in [-0.4, -0.2) is 12.3 Å². The van der Waals surface area contributed by atoms with Gasteiger partial charge in [0.25, 0.3) is 0 Å². The number of hydrogen-bond donors (Lipinski definition) is 0. The van der Waals surface area contributed by atoms with Crippen molar-refractivity contribution in [1.82, 2.24) is 0 Å². The van der Waals surface area contributed by atoms with Crippen molar-refractivity contribution >= 4 is 5.71 Å². The van der Waals surface area contributed by atoms with E-state index in [0.29, 0.717) is 0 Å². The summed E-state index contributed by atoms with van der Waals surface area (Å²) in [6.07, 6.45) is 22.3. The second-order valence-electron chi connectivity index (χ2n) is 5.82. The van der Waals surface area contributed by atoms with Crippen LogP contribution in [0.3, 0.4) is 0 Å². The zero-order valence-electron chi connectivity index (χ0n) is 13.5. The van der Waals surface area contributed by atoms with Gasteiger partial charge >= 0.3 is 0 Å². The lowest BCUT2D eigenvalue weighted by atomic mass is 10.0. The van der Waals surface area contributed by atoms with Crippen LogP contribution in [0.2, 0.25) is 0 Å². The second-order valence-corrected chi connectivity index (χ2v) is 5.82. The molecule has 0 aliphatic heterocycles. The lowest BCUT2D eigenvalue weighted by Gasteiger charge is -2.07. The lowest BCUT2D eigenvalue weighted by Crippen LogP contribution is -2.05. The highest BCUT2D eigenvalue weighted by atomic mass is 14.7. The monoisotopic (exact) mass is 274 g/mol. The van der Waals surface area contributed by atoms with Gasteiger partial charge in [-0.3, -0.25) is 4.99 Å². The van der Waals surface area contributed by atoms with Gasteiger partial charge in [-0.05, 0) is 39.0 Å². The molecule has 0 saturated heterocycles. The molecule has 5 radical (unpaired) electrons.